The molecular formula is C18H26N2O5. The first-order chi connectivity index (χ1) is 11.9. The zero-order valence-corrected chi connectivity index (χ0v) is 14.5. The minimum Gasteiger partial charge on any atom is -0.481 e. The summed E-state index contributed by atoms with van der Waals surface area (Å²) in [6.07, 6.45) is 8.12. The van der Waals surface area contributed by atoms with E-state index in [2.05, 4.69) is 29.4 Å². The summed E-state index contributed by atoms with van der Waals surface area (Å²) in [4.78, 5) is 32.2. The van der Waals surface area contributed by atoms with E-state index in [1.807, 2.05) is 6.08 Å². The molecule has 7 heteroatoms. The molecule has 0 saturated carbocycles. The fourth-order valence-corrected chi connectivity index (χ4v) is 4.09. The van der Waals surface area contributed by atoms with E-state index in [-0.39, 0.29) is 18.9 Å². The van der Waals surface area contributed by atoms with E-state index >= 15 is 0 Å². The van der Waals surface area contributed by atoms with Gasteiger partial charge in [0.25, 0.3) is 0 Å². The molecular weight excluding hydrogens is 324 g/mol. The molecule has 0 amide bonds. The molecule has 0 aliphatic heterocycles. The predicted octanol–water partition coefficient (Wildman–Crippen LogP) is 3.42. The highest BCUT2D eigenvalue weighted by Gasteiger charge is 2.34. The molecule has 0 heterocycles. The molecule has 0 saturated heterocycles. The number of hydrogen-bond donors (Lipinski definition) is 2. The smallest absolute Gasteiger partial charge is 0.305 e. The van der Waals surface area contributed by atoms with Crippen LogP contribution < -0.4 is 0 Å². The lowest BCUT2D eigenvalue weighted by Gasteiger charge is -2.38. The lowest BCUT2D eigenvalue weighted by Crippen LogP contribution is -2.30. The zero-order chi connectivity index (χ0) is 18.4. The Morgan fingerprint density at radius 3 is 2.76 bits per heavy atom. The number of nitroso groups, excluding NO2 is 2. The maximum absolute atomic E-state index is 10.8. The standard InChI is InChI=1S/C18H26N2O5/c1-11-2-3-12-8-13(19-24)4-6-17(12)16(11)7-5-15(21)9-14(20-25)10-18(22)23/h2-3,8,11,13-17,21H,4-7,9-10H2,1H3,(H,22,23)/t11-,13-,14+,15+,16-,17-/m0/s1. The van der Waals surface area contributed by atoms with E-state index in [4.69, 9.17) is 5.11 Å². The van der Waals surface area contributed by atoms with Gasteiger partial charge < -0.3 is 10.2 Å². The van der Waals surface area contributed by atoms with E-state index in [9.17, 15) is 19.7 Å². The van der Waals surface area contributed by atoms with Gasteiger partial charge in [-0.15, -0.1) is 0 Å². The number of aliphatic hydroxyl groups excluding tert-OH is 1. The van der Waals surface area contributed by atoms with Crippen LogP contribution in [0.2, 0.25) is 0 Å². The number of aliphatic carboxylic acids is 1. The van der Waals surface area contributed by atoms with Crippen LogP contribution >= 0.6 is 0 Å². The molecule has 0 fully saturated rings. The molecule has 0 radical (unpaired) electrons. The van der Waals surface area contributed by atoms with Crippen molar-refractivity contribution in [2.75, 3.05) is 0 Å². The zero-order valence-electron chi connectivity index (χ0n) is 14.5. The molecule has 2 aliphatic rings. The van der Waals surface area contributed by atoms with Crippen molar-refractivity contribution in [1.29, 1.82) is 0 Å². The van der Waals surface area contributed by atoms with Crippen molar-refractivity contribution in [3.05, 3.63) is 33.6 Å². The van der Waals surface area contributed by atoms with Gasteiger partial charge in [0.05, 0.1) is 12.5 Å². The maximum atomic E-state index is 10.8. The van der Waals surface area contributed by atoms with Crippen LogP contribution in [-0.2, 0) is 4.79 Å². The highest BCUT2D eigenvalue weighted by Crippen LogP contribution is 2.42. The summed E-state index contributed by atoms with van der Waals surface area (Å²) in [5.74, 6) is 0.0112. The highest BCUT2D eigenvalue weighted by molar-refractivity contribution is 5.67. The lowest BCUT2D eigenvalue weighted by molar-refractivity contribution is -0.137. The molecule has 25 heavy (non-hydrogen) atoms. The molecule has 0 bridgehead atoms. The minimum absolute atomic E-state index is 0.0806. The van der Waals surface area contributed by atoms with Crippen molar-refractivity contribution >= 4 is 5.97 Å². The van der Waals surface area contributed by atoms with Gasteiger partial charge in [-0.1, -0.05) is 35.5 Å². The first kappa shape index (κ1) is 19.4. The van der Waals surface area contributed by atoms with Gasteiger partial charge in [0.15, 0.2) is 0 Å². The van der Waals surface area contributed by atoms with Crippen LogP contribution in [0.3, 0.4) is 0 Å². The van der Waals surface area contributed by atoms with Gasteiger partial charge in [0.2, 0.25) is 0 Å². The van der Waals surface area contributed by atoms with Gasteiger partial charge in [0, 0.05) is 0 Å². The number of carboxylic acid groups (broad SMARTS) is 1. The minimum atomic E-state index is -1.09. The van der Waals surface area contributed by atoms with Crippen LogP contribution in [0.1, 0.15) is 45.4 Å². The van der Waals surface area contributed by atoms with Crippen molar-refractivity contribution in [1.82, 2.24) is 0 Å². The molecule has 6 atom stereocenters. The molecule has 2 N–H and O–H groups in total. The third kappa shape index (κ3) is 5.29. The van der Waals surface area contributed by atoms with Gasteiger partial charge in [-0.05, 0) is 55.4 Å². The Morgan fingerprint density at radius 2 is 2.12 bits per heavy atom. The van der Waals surface area contributed by atoms with Crippen LogP contribution in [0.25, 0.3) is 0 Å². The van der Waals surface area contributed by atoms with Crippen LogP contribution in [0.15, 0.2) is 34.2 Å². The van der Waals surface area contributed by atoms with E-state index in [1.54, 1.807) is 0 Å². The fourth-order valence-electron chi connectivity index (χ4n) is 4.09. The number of nitrogens with zero attached hydrogens (tertiary/aromatic N) is 2. The maximum Gasteiger partial charge on any atom is 0.305 e. The summed E-state index contributed by atoms with van der Waals surface area (Å²) in [5, 5.41) is 24.9. The van der Waals surface area contributed by atoms with Gasteiger partial charge in [-0.2, -0.15) is 9.81 Å². The number of aliphatic hydroxyl groups is 1. The summed E-state index contributed by atoms with van der Waals surface area (Å²) in [7, 11) is 0. The van der Waals surface area contributed by atoms with Crippen molar-refractivity contribution in [2.24, 2.45) is 28.1 Å². The third-order valence-corrected chi connectivity index (χ3v) is 5.44. The van der Waals surface area contributed by atoms with Crippen molar-refractivity contribution in [2.45, 2.75) is 63.6 Å². The molecule has 2 rings (SSSR count). The van der Waals surface area contributed by atoms with E-state index in [1.165, 1.54) is 0 Å². The number of allylic oxidation sites excluding steroid dienone is 3. The van der Waals surface area contributed by atoms with Crippen LogP contribution in [0, 0.1) is 27.6 Å². The number of hydrogen-bond acceptors (Lipinski definition) is 6. The summed E-state index contributed by atoms with van der Waals surface area (Å²) in [5.41, 5.74) is 1.16. The molecule has 0 aromatic rings. The number of carboxylic acids is 1. The van der Waals surface area contributed by atoms with E-state index in [0.717, 1.165) is 24.8 Å². The summed E-state index contributed by atoms with van der Waals surface area (Å²) >= 11 is 0. The van der Waals surface area contributed by atoms with Gasteiger partial charge in [-0.25, -0.2) is 0 Å². The second-order valence-corrected chi connectivity index (χ2v) is 7.23. The number of fused-ring (bicyclic) bond motifs is 1. The Labute approximate surface area is 147 Å². The fraction of sp³-hybridized carbons (Fsp3) is 0.722. The van der Waals surface area contributed by atoms with Gasteiger partial charge >= 0.3 is 5.97 Å². The van der Waals surface area contributed by atoms with Crippen LogP contribution in [0.4, 0.5) is 0 Å². The van der Waals surface area contributed by atoms with Crippen molar-refractivity contribution in [3.8, 4) is 0 Å². The number of carbonyl (C=O) groups is 1. The number of rotatable bonds is 9. The molecule has 0 spiro atoms. The third-order valence-electron chi connectivity index (χ3n) is 5.44. The lowest BCUT2D eigenvalue weighted by atomic mass is 9.67. The molecule has 0 aromatic heterocycles. The van der Waals surface area contributed by atoms with Crippen molar-refractivity contribution < 1.29 is 15.0 Å². The summed E-state index contributed by atoms with van der Waals surface area (Å²) < 4.78 is 0. The molecule has 2 aliphatic carbocycles. The first-order valence-electron chi connectivity index (χ1n) is 8.89. The largest absolute Gasteiger partial charge is 0.481 e. The van der Waals surface area contributed by atoms with E-state index < -0.39 is 18.1 Å². The average molecular weight is 350 g/mol. The first-order valence-corrected chi connectivity index (χ1v) is 8.89. The Morgan fingerprint density at radius 1 is 1.36 bits per heavy atom. The molecule has 0 unspecified atom stereocenters. The highest BCUT2D eigenvalue weighted by atomic mass is 16.4. The average Bonchev–Trinajstić information content (AvgIpc) is 2.59. The molecule has 7 nitrogen and oxygen atoms in total. The second kappa shape index (κ2) is 8.99. The van der Waals surface area contributed by atoms with Gasteiger partial charge in [0.1, 0.15) is 12.1 Å². The van der Waals surface area contributed by atoms with E-state index in [0.29, 0.717) is 24.2 Å². The van der Waals surface area contributed by atoms with Crippen LogP contribution in [0.5, 0.6) is 0 Å². The Balaban J connectivity index is 1.93. The predicted molar refractivity (Wildman–Crippen MR) is 93.9 cm³/mol. The monoisotopic (exact) mass is 350 g/mol. The Hall–Kier alpha value is -1.89. The topological polar surface area (TPSA) is 116 Å². The summed E-state index contributed by atoms with van der Waals surface area (Å²) in [6, 6.07) is -1.13. The Kier molecular flexibility index (Phi) is 6.99. The summed E-state index contributed by atoms with van der Waals surface area (Å²) in [6.45, 7) is 2.15. The second-order valence-electron chi connectivity index (χ2n) is 7.23. The van der Waals surface area contributed by atoms with Crippen LogP contribution in [-0.4, -0.2) is 34.4 Å². The van der Waals surface area contributed by atoms with Gasteiger partial charge in [-0.3, -0.25) is 4.79 Å². The molecule has 138 valence electrons. The molecule has 0 aromatic carbocycles. The van der Waals surface area contributed by atoms with Crippen molar-refractivity contribution in [3.63, 3.8) is 0 Å². The quantitative estimate of drug-likeness (QED) is 0.618. The SMILES string of the molecule is C[C@H]1C=CC2=C[C@@H](N=O)CC[C@@H]2[C@H]1CC[C@@H](O)C[C@H](CC(=O)O)N=O. The normalized spacial score (nSPS) is 30.7. The Bertz CT molecular complexity index is 560.